The molecule has 0 fully saturated rings. The van der Waals surface area contributed by atoms with Crippen LogP contribution in [0, 0.1) is 0 Å². The van der Waals surface area contributed by atoms with Crippen LogP contribution in [0.2, 0.25) is 0 Å². The zero-order chi connectivity index (χ0) is 20.1. The van der Waals surface area contributed by atoms with Gasteiger partial charge in [0.1, 0.15) is 0 Å². The molecule has 28 heavy (non-hydrogen) atoms. The van der Waals surface area contributed by atoms with Crippen LogP contribution in [-0.2, 0) is 0 Å². The number of rotatable bonds is 22. The molecule has 0 aromatic heterocycles. The zero-order valence-corrected chi connectivity index (χ0v) is 22.0. The molecule has 0 bridgehead atoms. The molecule has 0 N–H and O–H groups in total. The van der Waals surface area contributed by atoms with Gasteiger partial charge in [0.15, 0.2) is 0 Å². The minimum absolute atomic E-state index is 0. The van der Waals surface area contributed by atoms with Crippen LogP contribution in [0.3, 0.4) is 0 Å². The molecule has 172 valence electrons. The predicted octanol–water partition coefficient (Wildman–Crippen LogP) is 5.91. The largest absolute Gasteiger partial charge is 1.00 e. The van der Waals surface area contributed by atoms with E-state index in [1.807, 2.05) is 0 Å². The Labute approximate surface area is 190 Å². The molecular weight excluding hydrogens is 406 g/mol. The second kappa shape index (κ2) is 23.7. The molecular formula is C26H56BrN. The Bertz CT molecular complexity index is 252. The number of nitrogens with zero attached hydrogens (tertiary/aromatic N) is 1. The van der Waals surface area contributed by atoms with E-state index in [1.54, 1.807) is 0 Å². The van der Waals surface area contributed by atoms with Gasteiger partial charge in [0.05, 0.1) is 27.2 Å². The van der Waals surface area contributed by atoms with E-state index in [9.17, 15) is 0 Å². The molecule has 0 spiro atoms. The number of quaternary nitrogens is 1. The molecule has 0 rings (SSSR count). The van der Waals surface area contributed by atoms with E-state index in [1.165, 1.54) is 146 Å². The van der Waals surface area contributed by atoms with Crippen molar-refractivity contribution < 1.29 is 21.5 Å². The lowest BCUT2D eigenvalue weighted by Crippen LogP contribution is -3.00. The van der Waals surface area contributed by atoms with Crippen molar-refractivity contribution in [2.45, 2.75) is 142 Å². The molecule has 2 heteroatoms. The lowest BCUT2D eigenvalue weighted by molar-refractivity contribution is -0.890. The maximum absolute atomic E-state index is 2.45. The van der Waals surface area contributed by atoms with Crippen molar-refractivity contribution in [3.8, 4) is 0 Å². The van der Waals surface area contributed by atoms with Gasteiger partial charge in [-0.2, -0.15) is 0 Å². The molecule has 0 heterocycles. The summed E-state index contributed by atoms with van der Waals surface area (Å²) in [6, 6.07) is 0. The number of halogens is 1. The smallest absolute Gasteiger partial charge is 0.0782 e. The van der Waals surface area contributed by atoms with E-state index in [2.05, 4.69) is 27.9 Å². The van der Waals surface area contributed by atoms with Crippen molar-refractivity contribution in [1.29, 1.82) is 0 Å². The Hall–Kier alpha value is 0.440. The molecule has 0 aromatic rings. The molecule has 0 aliphatic rings. The molecule has 0 aromatic carbocycles. The van der Waals surface area contributed by atoms with Crippen molar-refractivity contribution in [3.63, 3.8) is 0 Å². The maximum Gasteiger partial charge on any atom is 0.0782 e. The molecule has 0 atom stereocenters. The van der Waals surface area contributed by atoms with Gasteiger partial charge in [-0.25, -0.2) is 0 Å². The predicted molar refractivity (Wildman–Crippen MR) is 126 cm³/mol. The van der Waals surface area contributed by atoms with Crippen LogP contribution < -0.4 is 17.0 Å². The molecule has 0 saturated heterocycles. The summed E-state index contributed by atoms with van der Waals surface area (Å²) in [7, 11) is 4.89. The van der Waals surface area contributed by atoms with E-state index in [0.29, 0.717) is 0 Å². The van der Waals surface area contributed by atoms with Crippen LogP contribution in [0.1, 0.15) is 142 Å². The summed E-state index contributed by atoms with van der Waals surface area (Å²) >= 11 is 0. The highest BCUT2D eigenvalue weighted by atomic mass is 79.9. The number of hydrogen-bond acceptors (Lipinski definition) is 0. The van der Waals surface area contributed by atoms with Crippen molar-refractivity contribution in [2.75, 3.05) is 27.2 Å². The average molecular weight is 463 g/mol. The molecule has 0 aliphatic carbocycles. The summed E-state index contributed by atoms with van der Waals surface area (Å²) in [4.78, 5) is 0. The van der Waals surface area contributed by atoms with Gasteiger partial charge < -0.3 is 21.5 Å². The fraction of sp³-hybridized carbons (Fsp3) is 1.00. The molecule has 0 unspecified atom stereocenters. The third kappa shape index (κ3) is 24.5. The summed E-state index contributed by atoms with van der Waals surface area (Å²) in [5, 5.41) is 0. The van der Waals surface area contributed by atoms with Crippen LogP contribution in [0.4, 0.5) is 0 Å². The first-order valence-electron chi connectivity index (χ1n) is 12.9. The Morgan fingerprint density at radius 3 is 0.821 bits per heavy atom. The highest BCUT2D eigenvalue weighted by Gasteiger charge is 2.13. The van der Waals surface area contributed by atoms with E-state index in [4.69, 9.17) is 0 Å². The summed E-state index contributed by atoms with van der Waals surface area (Å²) in [5.41, 5.74) is 0. The number of hydrogen-bond donors (Lipinski definition) is 0. The van der Waals surface area contributed by atoms with Gasteiger partial charge in [0.25, 0.3) is 0 Å². The maximum atomic E-state index is 2.45. The van der Waals surface area contributed by atoms with Crippen LogP contribution >= 0.6 is 0 Å². The molecule has 0 radical (unpaired) electrons. The van der Waals surface area contributed by atoms with Gasteiger partial charge in [-0.1, -0.05) is 117 Å². The number of unbranched alkanes of at least 4 members (excludes halogenated alkanes) is 18. The normalized spacial score (nSPS) is 11.6. The van der Waals surface area contributed by atoms with Gasteiger partial charge in [-0.3, -0.25) is 0 Å². The van der Waals surface area contributed by atoms with Crippen LogP contribution in [0.25, 0.3) is 0 Å². The second-order valence-electron chi connectivity index (χ2n) is 9.75. The Morgan fingerprint density at radius 2 is 0.571 bits per heavy atom. The quantitative estimate of drug-likeness (QED) is 0.139. The molecule has 0 amide bonds. The Kier molecular flexibility index (Phi) is 25.9. The van der Waals surface area contributed by atoms with Crippen molar-refractivity contribution >= 4 is 0 Å². The topological polar surface area (TPSA) is 0 Å². The summed E-state index contributed by atoms with van der Waals surface area (Å²) in [5.74, 6) is 0. The van der Waals surface area contributed by atoms with Crippen molar-refractivity contribution in [1.82, 2.24) is 0 Å². The monoisotopic (exact) mass is 461 g/mol. The van der Waals surface area contributed by atoms with Crippen molar-refractivity contribution in [3.05, 3.63) is 0 Å². The molecule has 0 saturated carbocycles. The molecule has 1 nitrogen and oxygen atoms in total. The second-order valence-corrected chi connectivity index (χ2v) is 9.75. The van der Waals surface area contributed by atoms with Crippen LogP contribution in [0.15, 0.2) is 0 Å². The van der Waals surface area contributed by atoms with Crippen molar-refractivity contribution in [2.24, 2.45) is 0 Å². The molecule has 0 aliphatic heterocycles. The first kappa shape index (κ1) is 30.6. The van der Waals surface area contributed by atoms with Crippen LogP contribution in [0.5, 0.6) is 0 Å². The van der Waals surface area contributed by atoms with E-state index in [0.717, 1.165) is 0 Å². The third-order valence-electron chi connectivity index (χ3n) is 6.23. The SMILES string of the molecule is CCCCCCCCCCCC[N+](C)(C)CCCCCCCCCCCC.[Br-]. The summed E-state index contributed by atoms with van der Waals surface area (Å²) in [6.45, 7) is 7.37. The fourth-order valence-electron chi connectivity index (χ4n) is 4.17. The van der Waals surface area contributed by atoms with Gasteiger partial charge in [-0.05, 0) is 25.7 Å². The third-order valence-corrected chi connectivity index (χ3v) is 6.23. The van der Waals surface area contributed by atoms with E-state index < -0.39 is 0 Å². The van der Waals surface area contributed by atoms with Gasteiger partial charge in [0.2, 0.25) is 0 Å². The van der Waals surface area contributed by atoms with Crippen LogP contribution in [-0.4, -0.2) is 31.7 Å². The first-order valence-corrected chi connectivity index (χ1v) is 12.9. The highest BCUT2D eigenvalue weighted by molar-refractivity contribution is 4.50. The Morgan fingerprint density at radius 1 is 0.357 bits per heavy atom. The lowest BCUT2D eigenvalue weighted by atomic mass is 10.1. The standard InChI is InChI=1S/C26H56N.BrH/c1-5-7-9-11-13-15-17-19-21-23-25-27(3,4)26-24-22-20-18-16-14-12-10-8-6-2;/h5-26H2,1-4H3;1H/q+1;/p-1. The Balaban J connectivity index is 0. The first-order chi connectivity index (χ1) is 13.1. The highest BCUT2D eigenvalue weighted by Crippen LogP contribution is 2.14. The minimum Gasteiger partial charge on any atom is -1.00 e. The summed E-state index contributed by atoms with van der Waals surface area (Å²) in [6.07, 6.45) is 29.0. The zero-order valence-electron chi connectivity index (χ0n) is 20.4. The summed E-state index contributed by atoms with van der Waals surface area (Å²) < 4.78 is 1.24. The van der Waals surface area contributed by atoms with E-state index >= 15 is 0 Å². The van der Waals surface area contributed by atoms with E-state index in [-0.39, 0.29) is 17.0 Å². The minimum atomic E-state index is 0. The van der Waals surface area contributed by atoms with Gasteiger partial charge in [-0.15, -0.1) is 0 Å². The van der Waals surface area contributed by atoms with Gasteiger partial charge in [0, 0.05) is 0 Å². The lowest BCUT2D eigenvalue weighted by Gasteiger charge is -2.30. The van der Waals surface area contributed by atoms with Gasteiger partial charge >= 0.3 is 0 Å². The fourth-order valence-corrected chi connectivity index (χ4v) is 4.17. The average Bonchev–Trinajstić information content (AvgIpc) is 2.64.